The molecule has 1 aliphatic heterocycles. The van der Waals surface area contributed by atoms with Crippen LogP contribution in [0, 0.1) is 0 Å². The number of imidazole rings is 1. The first-order valence-electron chi connectivity index (χ1n) is 10.4. The molecule has 0 saturated carbocycles. The highest BCUT2D eigenvalue weighted by Crippen LogP contribution is 2.27. The lowest BCUT2D eigenvalue weighted by Gasteiger charge is -2.28. The number of benzene rings is 1. The van der Waals surface area contributed by atoms with Gasteiger partial charge in [0.05, 0.1) is 17.1 Å². The number of carbonyl (C=O) groups is 1. The number of ether oxygens (including phenoxy) is 1. The van der Waals surface area contributed by atoms with Crippen LogP contribution in [-0.2, 0) is 11.3 Å². The molecule has 1 atom stereocenters. The largest absolute Gasteiger partial charge is 0.377 e. The number of nitrogens with one attached hydrogen (secondary N) is 1. The van der Waals surface area contributed by atoms with E-state index in [2.05, 4.69) is 43.6 Å². The molecule has 2 aromatic heterocycles. The molecule has 3 heterocycles. The summed E-state index contributed by atoms with van der Waals surface area (Å²) in [6, 6.07) is 6.35. The van der Waals surface area contributed by atoms with Crippen LogP contribution in [0.2, 0.25) is 0 Å². The number of hydrogen-bond donors (Lipinski definition) is 1. The quantitative estimate of drug-likeness (QED) is 0.566. The number of fused-ring (bicyclic) bond motifs is 3. The highest BCUT2D eigenvalue weighted by atomic mass is 32.2. The molecule has 162 valence electrons. The van der Waals surface area contributed by atoms with Gasteiger partial charge in [-0.05, 0) is 50.6 Å². The number of thiazole rings is 1. The molecule has 3 aromatic rings. The van der Waals surface area contributed by atoms with Gasteiger partial charge in [0, 0.05) is 44.2 Å². The van der Waals surface area contributed by atoms with Crippen molar-refractivity contribution < 1.29 is 9.53 Å². The van der Waals surface area contributed by atoms with Crippen LogP contribution in [0.4, 0.5) is 0 Å². The fourth-order valence-corrected chi connectivity index (χ4v) is 5.16. The zero-order chi connectivity index (χ0) is 21.3. The van der Waals surface area contributed by atoms with Crippen LogP contribution < -0.4 is 5.32 Å². The van der Waals surface area contributed by atoms with E-state index in [1.165, 1.54) is 16.9 Å². The Hall–Kier alpha value is -1.61. The Morgan fingerprint density at radius 1 is 1.47 bits per heavy atom. The summed E-state index contributed by atoms with van der Waals surface area (Å²) in [6.07, 6.45) is 6.66. The summed E-state index contributed by atoms with van der Waals surface area (Å²) < 4.78 is 7.75. The maximum absolute atomic E-state index is 12.9. The molecule has 4 rings (SSSR count). The second-order valence-corrected chi connectivity index (χ2v) is 11.1. The van der Waals surface area contributed by atoms with Gasteiger partial charge < -0.3 is 15.0 Å². The van der Waals surface area contributed by atoms with Gasteiger partial charge in [-0.3, -0.25) is 9.20 Å². The van der Waals surface area contributed by atoms with Crippen molar-refractivity contribution in [3.8, 4) is 0 Å². The Bertz CT molecular complexity index is 1040. The van der Waals surface area contributed by atoms with E-state index in [0.717, 1.165) is 53.4 Å². The van der Waals surface area contributed by atoms with Crippen molar-refractivity contribution in [2.24, 2.45) is 0 Å². The van der Waals surface area contributed by atoms with Gasteiger partial charge in [-0.1, -0.05) is 17.4 Å². The average Bonchev–Trinajstić information content (AvgIpc) is 3.43. The first kappa shape index (κ1) is 21.6. The molecule has 0 bridgehead atoms. The van der Waals surface area contributed by atoms with Gasteiger partial charge >= 0.3 is 0 Å². The van der Waals surface area contributed by atoms with Crippen molar-refractivity contribution in [1.29, 1.82) is 0 Å². The Morgan fingerprint density at radius 3 is 3.03 bits per heavy atom. The molecule has 1 fully saturated rings. The second-order valence-electron chi connectivity index (χ2n) is 8.57. The molecule has 0 radical (unpaired) electrons. The minimum absolute atomic E-state index is 0.0277. The third-order valence-electron chi connectivity index (χ3n) is 5.62. The molecule has 30 heavy (non-hydrogen) atoms. The van der Waals surface area contributed by atoms with Crippen LogP contribution >= 0.6 is 23.1 Å². The van der Waals surface area contributed by atoms with Gasteiger partial charge in [-0.15, -0.1) is 0 Å². The Balaban J connectivity index is 1.50. The lowest BCUT2D eigenvalue weighted by atomic mass is 10.2. The molecule has 0 spiro atoms. The van der Waals surface area contributed by atoms with Gasteiger partial charge in [0.15, 0.2) is 4.96 Å². The predicted molar refractivity (Wildman–Crippen MR) is 126 cm³/mol. The summed E-state index contributed by atoms with van der Waals surface area (Å²) in [7, 11) is 1.87. The average molecular weight is 447 g/mol. The van der Waals surface area contributed by atoms with E-state index in [0.29, 0.717) is 12.6 Å². The lowest BCUT2D eigenvalue weighted by Crippen LogP contribution is -2.37. The second kappa shape index (κ2) is 8.86. The van der Waals surface area contributed by atoms with Crippen molar-refractivity contribution in [1.82, 2.24) is 19.6 Å². The van der Waals surface area contributed by atoms with Gasteiger partial charge in [0.1, 0.15) is 4.88 Å². The fourth-order valence-electron chi connectivity index (χ4n) is 3.84. The van der Waals surface area contributed by atoms with Crippen molar-refractivity contribution in [3.63, 3.8) is 0 Å². The topological polar surface area (TPSA) is 58.9 Å². The van der Waals surface area contributed by atoms with Crippen LogP contribution in [0.3, 0.4) is 0 Å². The number of thioether (sulfide) groups is 1. The summed E-state index contributed by atoms with van der Waals surface area (Å²) in [5.41, 5.74) is 3.21. The number of carbonyl (C=O) groups excluding carboxylic acids is 1. The zero-order valence-corrected chi connectivity index (χ0v) is 19.7. The number of rotatable bonds is 8. The summed E-state index contributed by atoms with van der Waals surface area (Å²) in [5, 5.41) is 3.50. The van der Waals surface area contributed by atoms with Crippen LogP contribution in [0.15, 0.2) is 24.4 Å². The van der Waals surface area contributed by atoms with E-state index in [9.17, 15) is 4.79 Å². The lowest BCUT2D eigenvalue weighted by molar-refractivity contribution is 0.0790. The standard InChI is InChI=1S/C22H30N4O2S2/c1-22(2,29-4)14-25(3)20(27)19-13-26-18-10-15(7-8-17(18)24-21(26)30-19)11-23-12-16-6-5-9-28-16/h7-8,10,13,16,23H,5-6,9,11-12,14H2,1-4H3/t16-/m1/s1. The maximum atomic E-state index is 12.9. The molecule has 1 aromatic carbocycles. The monoisotopic (exact) mass is 446 g/mol. The molecule has 6 nitrogen and oxygen atoms in total. The fraction of sp³-hybridized carbons (Fsp3) is 0.545. The van der Waals surface area contributed by atoms with E-state index in [-0.39, 0.29) is 10.7 Å². The van der Waals surface area contributed by atoms with Crippen LogP contribution in [-0.4, -0.2) is 64.0 Å². The highest BCUT2D eigenvalue weighted by molar-refractivity contribution is 7.99. The molecule has 1 amide bonds. The first-order valence-corrected chi connectivity index (χ1v) is 12.4. The SMILES string of the molecule is CSC(C)(C)CN(C)C(=O)c1cn2c(nc3ccc(CNC[C@H]4CCCO4)cc32)s1. The van der Waals surface area contributed by atoms with E-state index < -0.39 is 0 Å². The molecular formula is C22H30N4O2S2. The molecule has 0 aliphatic carbocycles. The summed E-state index contributed by atoms with van der Waals surface area (Å²) >= 11 is 3.23. The summed E-state index contributed by atoms with van der Waals surface area (Å²) in [5.74, 6) is 0.0511. The Kier molecular flexibility index (Phi) is 6.39. The van der Waals surface area contributed by atoms with Gasteiger partial charge in [0.2, 0.25) is 0 Å². The predicted octanol–water partition coefficient (Wildman–Crippen LogP) is 4.03. The Morgan fingerprint density at radius 2 is 2.30 bits per heavy atom. The molecular weight excluding hydrogens is 416 g/mol. The molecule has 1 N–H and O–H groups in total. The van der Waals surface area contributed by atoms with Crippen molar-refractivity contribution in [2.45, 2.75) is 44.1 Å². The van der Waals surface area contributed by atoms with Crippen molar-refractivity contribution in [2.75, 3.05) is 33.0 Å². The first-order chi connectivity index (χ1) is 14.4. The van der Waals surface area contributed by atoms with Crippen molar-refractivity contribution in [3.05, 3.63) is 34.8 Å². The molecule has 8 heteroatoms. The number of amides is 1. The number of nitrogens with zero attached hydrogens (tertiary/aromatic N) is 3. The minimum Gasteiger partial charge on any atom is -0.377 e. The van der Waals surface area contributed by atoms with Crippen LogP contribution in [0.1, 0.15) is 41.9 Å². The van der Waals surface area contributed by atoms with E-state index in [4.69, 9.17) is 9.72 Å². The Labute approximate surface area is 186 Å². The maximum Gasteiger partial charge on any atom is 0.265 e. The number of aromatic nitrogens is 2. The van der Waals surface area contributed by atoms with E-state index in [1.807, 2.05) is 22.5 Å². The van der Waals surface area contributed by atoms with Crippen LogP contribution in [0.5, 0.6) is 0 Å². The van der Waals surface area contributed by atoms with Gasteiger partial charge in [-0.2, -0.15) is 11.8 Å². The molecule has 1 saturated heterocycles. The smallest absolute Gasteiger partial charge is 0.265 e. The van der Waals surface area contributed by atoms with Crippen molar-refractivity contribution >= 4 is 45.0 Å². The highest BCUT2D eigenvalue weighted by Gasteiger charge is 2.24. The summed E-state index contributed by atoms with van der Waals surface area (Å²) in [6.45, 7) is 7.58. The minimum atomic E-state index is 0.0277. The normalized spacial score (nSPS) is 17.3. The van der Waals surface area contributed by atoms with Gasteiger partial charge in [-0.25, -0.2) is 4.98 Å². The van der Waals surface area contributed by atoms with E-state index >= 15 is 0 Å². The third-order valence-corrected chi connectivity index (χ3v) is 7.83. The van der Waals surface area contributed by atoms with Gasteiger partial charge in [0.25, 0.3) is 5.91 Å². The zero-order valence-electron chi connectivity index (χ0n) is 18.1. The summed E-state index contributed by atoms with van der Waals surface area (Å²) in [4.78, 5) is 21.0. The third kappa shape index (κ3) is 4.66. The van der Waals surface area contributed by atoms with E-state index in [1.54, 1.807) is 11.8 Å². The molecule has 1 aliphatic rings. The molecule has 0 unspecified atom stereocenters. The van der Waals surface area contributed by atoms with Crippen LogP contribution in [0.25, 0.3) is 16.0 Å². The number of hydrogen-bond acceptors (Lipinski definition) is 6.